The molecule has 2 aromatic carbocycles. The van der Waals surface area contributed by atoms with Gasteiger partial charge in [-0.2, -0.15) is 0 Å². The van der Waals surface area contributed by atoms with Crippen molar-refractivity contribution in [2.45, 2.75) is 19.9 Å². The van der Waals surface area contributed by atoms with Crippen molar-refractivity contribution in [1.82, 2.24) is 5.32 Å². The van der Waals surface area contributed by atoms with Crippen LogP contribution in [0.25, 0.3) is 11.0 Å². The van der Waals surface area contributed by atoms with Gasteiger partial charge in [0.15, 0.2) is 13.2 Å². The first-order valence-corrected chi connectivity index (χ1v) is 9.12. The third-order valence-corrected chi connectivity index (χ3v) is 4.36. The number of ether oxygens (including phenoxy) is 2. The molecule has 0 bridgehead atoms. The Kier molecular flexibility index (Phi) is 6.21. The number of rotatable bonds is 7. The van der Waals surface area contributed by atoms with Gasteiger partial charge < -0.3 is 19.2 Å². The molecule has 0 saturated heterocycles. The molecule has 7 heteroatoms. The zero-order chi connectivity index (χ0) is 20.1. The Bertz CT molecular complexity index is 964. The van der Waals surface area contributed by atoms with Crippen LogP contribution in [0.4, 0.5) is 0 Å². The number of benzene rings is 2. The molecule has 0 aliphatic rings. The molecule has 3 rings (SSSR count). The third-order valence-electron chi connectivity index (χ3n) is 4.05. The number of amides is 1. The Hall–Kier alpha value is -2.99. The number of carbonyl (C=O) groups excluding carboxylic acids is 2. The Morgan fingerprint density at radius 2 is 1.93 bits per heavy atom. The lowest BCUT2D eigenvalue weighted by molar-refractivity contribution is -0.150. The molecule has 0 fully saturated rings. The van der Waals surface area contributed by atoms with Crippen LogP contribution in [0.15, 0.2) is 52.9 Å². The molecule has 1 heterocycles. The molecule has 1 aromatic heterocycles. The van der Waals surface area contributed by atoms with Gasteiger partial charge >= 0.3 is 5.97 Å². The Labute approximate surface area is 167 Å². The summed E-state index contributed by atoms with van der Waals surface area (Å²) >= 11 is 6.00. The molecule has 28 heavy (non-hydrogen) atoms. The van der Waals surface area contributed by atoms with E-state index in [4.69, 9.17) is 25.5 Å². The summed E-state index contributed by atoms with van der Waals surface area (Å²) in [5.41, 5.74) is 1.70. The van der Waals surface area contributed by atoms with Gasteiger partial charge in [-0.05, 0) is 43.7 Å². The second-order valence-corrected chi connectivity index (χ2v) is 6.77. The van der Waals surface area contributed by atoms with E-state index >= 15 is 0 Å². The van der Waals surface area contributed by atoms with Gasteiger partial charge in [-0.15, -0.1) is 0 Å². The van der Waals surface area contributed by atoms with Crippen molar-refractivity contribution in [2.75, 3.05) is 13.2 Å². The SMILES string of the molecule is Cc1ccc(Cl)c(OCC(=O)OCC(=O)NC(C)c2cc3ccccc3o2)c1. The number of aryl methyl sites for hydroxylation is 1. The number of hydrogen-bond donors (Lipinski definition) is 1. The van der Waals surface area contributed by atoms with Crippen molar-refractivity contribution in [3.05, 3.63) is 64.9 Å². The minimum atomic E-state index is -0.663. The molecule has 6 nitrogen and oxygen atoms in total. The van der Waals surface area contributed by atoms with E-state index in [0.29, 0.717) is 16.5 Å². The molecule has 1 N–H and O–H groups in total. The number of fused-ring (bicyclic) bond motifs is 1. The molecule has 0 spiro atoms. The number of esters is 1. The summed E-state index contributed by atoms with van der Waals surface area (Å²) in [5.74, 6) is -0.0844. The maximum atomic E-state index is 12.0. The van der Waals surface area contributed by atoms with E-state index in [1.807, 2.05) is 43.3 Å². The normalized spacial score (nSPS) is 11.8. The molecular formula is C21H20ClNO5. The van der Waals surface area contributed by atoms with E-state index < -0.39 is 18.5 Å². The van der Waals surface area contributed by atoms with Crippen molar-refractivity contribution in [2.24, 2.45) is 0 Å². The van der Waals surface area contributed by atoms with Crippen LogP contribution in [0.5, 0.6) is 5.75 Å². The third kappa shape index (κ3) is 5.04. The van der Waals surface area contributed by atoms with Gasteiger partial charge in [0.1, 0.15) is 17.1 Å². The zero-order valence-corrected chi connectivity index (χ0v) is 16.3. The maximum absolute atomic E-state index is 12.0. The zero-order valence-electron chi connectivity index (χ0n) is 15.5. The minimum Gasteiger partial charge on any atom is -0.480 e. The highest BCUT2D eigenvalue weighted by Gasteiger charge is 2.16. The van der Waals surface area contributed by atoms with Crippen LogP contribution >= 0.6 is 11.6 Å². The fourth-order valence-electron chi connectivity index (χ4n) is 2.62. The van der Waals surface area contributed by atoms with Crippen LogP contribution in [0.2, 0.25) is 5.02 Å². The lowest BCUT2D eigenvalue weighted by Crippen LogP contribution is -2.31. The number of para-hydroxylation sites is 1. The highest BCUT2D eigenvalue weighted by Crippen LogP contribution is 2.25. The molecule has 0 saturated carbocycles. The van der Waals surface area contributed by atoms with E-state index in [1.54, 1.807) is 19.1 Å². The van der Waals surface area contributed by atoms with E-state index in [2.05, 4.69) is 5.32 Å². The van der Waals surface area contributed by atoms with Gasteiger partial charge in [-0.3, -0.25) is 4.79 Å². The molecule has 0 aliphatic heterocycles. The van der Waals surface area contributed by atoms with Crippen LogP contribution in [0.1, 0.15) is 24.3 Å². The standard InChI is InChI=1S/C21H20ClNO5/c1-13-7-8-16(22)19(9-13)26-12-21(25)27-11-20(24)23-14(2)18-10-15-5-3-4-6-17(15)28-18/h3-10,14H,11-12H2,1-2H3,(H,23,24). The molecule has 3 aromatic rings. The number of carbonyl (C=O) groups is 2. The Balaban J connectivity index is 1.45. The fraction of sp³-hybridized carbons (Fsp3) is 0.238. The first-order chi connectivity index (χ1) is 13.4. The van der Waals surface area contributed by atoms with Gasteiger partial charge in [0, 0.05) is 5.39 Å². The maximum Gasteiger partial charge on any atom is 0.344 e. The quantitative estimate of drug-likeness (QED) is 0.600. The summed E-state index contributed by atoms with van der Waals surface area (Å²) in [6.07, 6.45) is 0. The van der Waals surface area contributed by atoms with Crippen molar-refractivity contribution >= 4 is 34.4 Å². The van der Waals surface area contributed by atoms with E-state index in [1.165, 1.54) is 0 Å². The predicted octanol–water partition coefficient (Wildman–Crippen LogP) is 4.19. The van der Waals surface area contributed by atoms with Gasteiger partial charge in [0.25, 0.3) is 5.91 Å². The van der Waals surface area contributed by atoms with E-state index in [0.717, 1.165) is 16.5 Å². The van der Waals surface area contributed by atoms with E-state index in [9.17, 15) is 9.59 Å². The first-order valence-electron chi connectivity index (χ1n) is 8.75. The summed E-state index contributed by atoms with van der Waals surface area (Å²) in [5, 5.41) is 4.09. The van der Waals surface area contributed by atoms with Gasteiger partial charge in [-0.25, -0.2) is 4.79 Å². The monoisotopic (exact) mass is 401 g/mol. The topological polar surface area (TPSA) is 77.8 Å². The largest absolute Gasteiger partial charge is 0.480 e. The summed E-state index contributed by atoms with van der Waals surface area (Å²) in [6.45, 7) is 2.93. The van der Waals surface area contributed by atoms with Crippen LogP contribution in [-0.2, 0) is 14.3 Å². The number of nitrogens with one attached hydrogen (secondary N) is 1. The van der Waals surface area contributed by atoms with Gasteiger partial charge in [0.2, 0.25) is 0 Å². The van der Waals surface area contributed by atoms with Crippen molar-refractivity contribution < 1.29 is 23.5 Å². The summed E-state index contributed by atoms with van der Waals surface area (Å²) < 4.78 is 16.0. The highest BCUT2D eigenvalue weighted by atomic mass is 35.5. The average molecular weight is 402 g/mol. The fourth-order valence-corrected chi connectivity index (χ4v) is 2.79. The van der Waals surface area contributed by atoms with Crippen LogP contribution in [-0.4, -0.2) is 25.1 Å². The van der Waals surface area contributed by atoms with Gasteiger partial charge in [0.05, 0.1) is 11.1 Å². The van der Waals surface area contributed by atoms with Crippen molar-refractivity contribution in [3.8, 4) is 5.75 Å². The molecule has 1 unspecified atom stereocenters. The Morgan fingerprint density at radius 3 is 2.71 bits per heavy atom. The lowest BCUT2D eigenvalue weighted by Gasteiger charge is -2.12. The van der Waals surface area contributed by atoms with Crippen LogP contribution in [0, 0.1) is 6.92 Å². The minimum absolute atomic E-state index is 0.338. The molecule has 0 aliphatic carbocycles. The number of furan rings is 1. The summed E-state index contributed by atoms with van der Waals surface area (Å²) in [7, 11) is 0. The van der Waals surface area contributed by atoms with Crippen molar-refractivity contribution in [1.29, 1.82) is 0 Å². The number of halogens is 1. The predicted molar refractivity (Wildman–Crippen MR) is 105 cm³/mol. The molecule has 1 amide bonds. The summed E-state index contributed by atoms with van der Waals surface area (Å²) in [4.78, 5) is 23.8. The molecular weight excluding hydrogens is 382 g/mol. The van der Waals surface area contributed by atoms with Crippen molar-refractivity contribution in [3.63, 3.8) is 0 Å². The Morgan fingerprint density at radius 1 is 1.14 bits per heavy atom. The summed E-state index contributed by atoms with van der Waals surface area (Å²) in [6, 6.07) is 14.3. The molecule has 0 radical (unpaired) electrons. The molecule has 146 valence electrons. The average Bonchev–Trinajstić information content (AvgIpc) is 3.11. The number of hydrogen-bond acceptors (Lipinski definition) is 5. The van der Waals surface area contributed by atoms with Crippen LogP contribution < -0.4 is 10.1 Å². The lowest BCUT2D eigenvalue weighted by atomic mass is 10.2. The second kappa shape index (κ2) is 8.80. The van der Waals surface area contributed by atoms with Crippen LogP contribution in [0.3, 0.4) is 0 Å². The first kappa shape index (κ1) is 19.8. The highest BCUT2D eigenvalue weighted by molar-refractivity contribution is 6.32. The van der Waals surface area contributed by atoms with Gasteiger partial charge in [-0.1, -0.05) is 35.9 Å². The molecule has 1 atom stereocenters. The second-order valence-electron chi connectivity index (χ2n) is 6.36. The van der Waals surface area contributed by atoms with E-state index in [-0.39, 0.29) is 12.6 Å². The smallest absolute Gasteiger partial charge is 0.344 e.